The molecule has 0 bridgehead atoms. The lowest BCUT2D eigenvalue weighted by Gasteiger charge is -2.45. The van der Waals surface area contributed by atoms with Crippen LogP contribution in [-0.2, 0) is 14.9 Å². The van der Waals surface area contributed by atoms with E-state index >= 15 is 0 Å². The number of ether oxygens (including phenoxy) is 1. The van der Waals surface area contributed by atoms with Crippen molar-refractivity contribution in [3.05, 3.63) is 0 Å². The Labute approximate surface area is 201 Å². The van der Waals surface area contributed by atoms with Crippen LogP contribution >= 0.6 is 0 Å². The molecule has 0 heterocycles. The Kier molecular flexibility index (Phi) is 8.97. The normalized spacial score (nSPS) is 16.9. The summed E-state index contributed by atoms with van der Waals surface area (Å²) in [6.45, 7) is -3.40. The van der Waals surface area contributed by atoms with Gasteiger partial charge in [0.1, 0.15) is 0 Å². The summed E-state index contributed by atoms with van der Waals surface area (Å²) in [5, 5.41) is -8.15. The Hall–Kier alpha value is -1.74. The fourth-order valence-corrected chi connectivity index (χ4v) is 2.52. The maximum atomic E-state index is 13.5. The molecule has 0 aromatic heterocycles. The summed E-state index contributed by atoms with van der Waals surface area (Å²) in [5.41, 5.74) is 0. The Morgan fingerprint density at radius 3 is 0.825 bits per heavy atom. The minimum Gasteiger partial charge on any atom is -0.283 e. The van der Waals surface area contributed by atoms with Gasteiger partial charge in [-0.25, -0.2) is 4.39 Å². The minimum atomic E-state index is -9.57. The van der Waals surface area contributed by atoms with Gasteiger partial charge < -0.3 is 0 Å². The summed E-state index contributed by atoms with van der Waals surface area (Å²) in [6, 6.07) is 0. The van der Waals surface area contributed by atoms with Gasteiger partial charge in [-0.3, -0.25) is 9.29 Å². The topological polar surface area (TPSA) is 63.6 Å². The molecule has 0 amide bonds. The van der Waals surface area contributed by atoms with E-state index in [-0.39, 0.29) is 0 Å². The highest BCUT2D eigenvalue weighted by molar-refractivity contribution is 7.87. The van der Waals surface area contributed by atoms with Crippen molar-refractivity contribution in [1.29, 1.82) is 0 Å². The molecule has 4 nitrogen and oxygen atoms in total. The van der Waals surface area contributed by atoms with Crippen LogP contribution in [0.1, 0.15) is 0 Å². The quantitative estimate of drug-likeness (QED) is 0.174. The lowest BCUT2D eigenvalue weighted by Crippen LogP contribution is -2.78. The third-order valence-corrected chi connectivity index (χ3v) is 5.35. The van der Waals surface area contributed by atoms with Gasteiger partial charge in [0.25, 0.3) is 0 Å². The van der Waals surface area contributed by atoms with Gasteiger partial charge in [-0.05, 0) is 0 Å². The molecule has 0 saturated heterocycles. The predicted octanol–water partition coefficient (Wildman–Crippen LogP) is 6.72. The molecule has 0 saturated carbocycles. The monoisotopic (exact) mass is 680 g/mol. The third kappa shape index (κ3) is 4.40. The number of halogens is 23. The first-order valence-electron chi connectivity index (χ1n) is 8.14. The summed E-state index contributed by atoms with van der Waals surface area (Å²) < 4.78 is 334. The van der Waals surface area contributed by atoms with Crippen LogP contribution in [0.5, 0.6) is 0 Å². The maximum Gasteiger partial charge on any atom is 0.438 e. The highest BCUT2D eigenvalue weighted by Gasteiger charge is 2.99. The van der Waals surface area contributed by atoms with Crippen molar-refractivity contribution in [2.24, 2.45) is 0 Å². The molecule has 0 unspecified atom stereocenters. The van der Waals surface area contributed by atoms with Crippen LogP contribution in [0.15, 0.2) is 0 Å². The van der Waals surface area contributed by atoms with E-state index in [1.165, 1.54) is 0 Å². The second-order valence-electron chi connectivity index (χ2n) is 6.93. The Morgan fingerprint density at radius 2 is 0.625 bits per heavy atom. The van der Waals surface area contributed by atoms with Gasteiger partial charge in [0, 0.05) is 0 Å². The van der Waals surface area contributed by atoms with Crippen LogP contribution in [-0.4, -0.2) is 84.5 Å². The Balaban J connectivity index is 7.35. The molecule has 0 radical (unpaired) electrons. The van der Waals surface area contributed by atoms with Crippen LogP contribution in [0.4, 0.5) is 101 Å². The van der Waals surface area contributed by atoms with Crippen LogP contribution in [0.2, 0.25) is 0 Å². The molecule has 0 rings (SSSR count). The zero-order valence-electron chi connectivity index (χ0n) is 17.0. The minimum absolute atomic E-state index is 1.85. The fraction of sp³-hybridized carbons (Fsp3) is 1.00. The molecule has 0 aromatic carbocycles. The van der Waals surface area contributed by atoms with Gasteiger partial charge in [-0.2, -0.15) is 105 Å². The maximum absolute atomic E-state index is 13.5. The average molecular weight is 680 g/mol. The van der Waals surface area contributed by atoms with Crippen LogP contribution in [0.3, 0.4) is 0 Å². The molecule has 40 heavy (non-hydrogen) atoms. The first-order valence-corrected chi connectivity index (χ1v) is 9.58. The van der Waals surface area contributed by atoms with E-state index in [1.807, 2.05) is 4.74 Å². The molecule has 1 N–H and O–H groups in total. The first-order chi connectivity index (χ1) is 16.8. The second kappa shape index (κ2) is 9.38. The van der Waals surface area contributed by atoms with Crippen molar-refractivity contribution >= 4 is 10.1 Å². The Bertz CT molecular complexity index is 1050. The molecule has 0 aromatic rings. The van der Waals surface area contributed by atoms with Gasteiger partial charge in [-0.15, -0.1) is 0 Å². The van der Waals surface area contributed by atoms with Crippen LogP contribution in [0, 0.1) is 0 Å². The van der Waals surface area contributed by atoms with Crippen molar-refractivity contribution < 1.29 is 119 Å². The van der Waals surface area contributed by atoms with Gasteiger partial charge >= 0.3 is 74.8 Å². The van der Waals surface area contributed by atoms with Gasteiger partial charge in [-0.1, -0.05) is 0 Å². The lowest BCUT2D eigenvalue weighted by atomic mass is 9.86. The van der Waals surface area contributed by atoms with Crippen LogP contribution in [0.25, 0.3) is 0 Å². The highest BCUT2D eigenvalue weighted by atomic mass is 32.2. The molecule has 0 fully saturated rings. The van der Waals surface area contributed by atoms with E-state index in [4.69, 9.17) is 4.55 Å². The molecular formula is C12H3F23O4S. The van der Waals surface area contributed by atoms with Gasteiger partial charge in [0.2, 0.25) is 0 Å². The van der Waals surface area contributed by atoms with E-state index in [0.717, 1.165) is 0 Å². The smallest absolute Gasteiger partial charge is 0.283 e. The molecule has 0 spiro atoms. The predicted molar refractivity (Wildman–Crippen MR) is 73.0 cm³/mol. The molecule has 0 aliphatic heterocycles. The van der Waals surface area contributed by atoms with Crippen molar-refractivity contribution in [1.82, 2.24) is 0 Å². The molecule has 0 atom stereocenters. The molecule has 28 heteroatoms. The number of rotatable bonds is 13. The van der Waals surface area contributed by atoms with Crippen molar-refractivity contribution in [3.8, 4) is 0 Å². The van der Waals surface area contributed by atoms with E-state index in [9.17, 15) is 109 Å². The summed E-state index contributed by atoms with van der Waals surface area (Å²) in [7, 11) is -8.18. The molecular weight excluding hydrogens is 677 g/mol. The molecule has 0 aliphatic carbocycles. The zero-order valence-corrected chi connectivity index (χ0v) is 17.8. The second-order valence-corrected chi connectivity index (χ2v) is 8.39. The summed E-state index contributed by atoms with van der Waals surface area (Å²) in [6.07, 6.45) is -7.48. The average Bonchev–Trinajstić information content (AvgIpc) is 2.71. The Morgan fingerprint density at radius 1 is 0.425 bits per heavy atom. The van der Waals surface area contributed by atoms with E-state index in [2.05, 4.69) is 0 Å². The van der Waals surface area contributed by atoms with E-state index in [0.29, 0.717) is 0 Å². The number of alkyl halides is 23. The van der Waals surface area contributed by atoms with Gasteiger partial charge in [0.05, 0.1) is 0 Å². The zero-order chi connectivity index (χ0) is 33.4. The largest absolute Gasteiger partial charge is 0.438 e. The first kappa shape index (κ1) is 38.3. The number of hydrogen-bond donors (Lipinski definition) is 1. The third-order valence-electron chi connectivity index (χ3n) is 4.45. The SMILES string of the molecule is O=S(=O)(O)C(F)(F)C(F)(F)C(F)(F)C(F)(F)C(F)(F)C(F)(F)C(F)(F)C(F)(F)C(F)(F)C(F)(F)C(F)(F)OCF. The highest BCUT2D eigenvalue weighted by Crippen LogP contribution is 2.67. The standard InChI is InChI=1S/C12H3F23O4S/c13-1-39-11(32,33)9(28,29)7(24,25)5(20,21)3(16,17)2(14,15)4(18,19)6(22,23)8(26,27)10(30,31)12(34,35)40(36,37)38/h1H2,(H,36,37,38). The lowest BCUT2D eigenvalue weighted by molar-refractivity contribution is -0.484. The fourth-order valence-electron chi connectivity index (χ4n) is 2.07. The van der Waals surface area contributed by atoms with E-state index in [1.54, 1.807) is 0 Å². The van der Waals surface area contributed by atoms with E-state index < -0.39 is 81.6 Å². The molecule has 242 valence electrons. The van der Waals surface area contributed by atoms with Crippen molar-refractivity contribution in [2.45, 2.75) is 64.7 Å². The number of hydrogen-bond acceptors (Lipinski definition) is 3. The summed E-state index contributed by atoms with van der Waals surface area (Å²) >= 11 is 0. The van der Waals surface area contributed by atoms with Gasteiger partial charge in [0.15, 0.2) is 6.86 Å². The van der Waals surface area contributed by atoms with Crippen molar-refractivity contribution in [2.75, 3.05) is 6.86 Å². The van der Waals surface area contributed by atoms with Crippen LogP contribution < -0.4 is 0 Å². The molecule has 0 aliphatic rings. The summed E-state index contributed by atoms with van der Waals surface area (Å²) in [4.78, 5) is 0. The summed E-state index contributed by atoms with van der Waals surface area (Å²) in [5.74, 6) is -82.8. The van der Waals surface area contributed by atoms with Crippen molar-refractivity contribution in [3.63, 3.8) is 0 Å².